The molecule has 0 spiro atoms. The van der Waals surface area contributed by atoms with Crippen LogP contribution in [0.25, 0.3) is 11.2 Å². The number of rotatable bonds is 1. The van der Waals surface area contributed by atoms with E-state index in [-0.39, 0.29) is 0 Å². The van der Waals surface area contributed by atoms with Gasteiger partial charge in [-0.3, -0.25) is 0 Å². The Morgan fingerprint density at radius 2 is 2.55 bits per heavy atom. The number of hydrogen-bond donors (Lipinski definition) is 1. The summed E-state index contributed by atoms with van der Waals surface area (Å²) in [4.78, 5) is 12.1. The van der Waals surface area contributed by atoms with E-state index in [2.05, 4.69) is 9.97 Å². The quantitative estimate of drug-likeness (QED) is 0.577. The summed E-state index contributed by atoms with van der Waals surface area (Å²) in [6, 6.07) is 3.80. The van der Waals surface area contributed by atoms with Crippen molar-refractivity contribution in [2.45, 2.75) is 0 Å². The lowest BCUT2D eigenvalue weighted by Gasteiger charge is -1.93. The fourth-order valence-corrected chi connectivity index (χ4v) is 1.04. The van der Waals surface area contributed by atoms with Crippen LogP contribution in [0.2, 0.25) is 0 Å². The maximum atomic E-state index is 5.03. The standard InChI is InChI=1S/C7H7N3O/c1-11-10-4-2-3-6-7(10)9-5-8-6/h2-5H,1H3/p+1. The molecule has 0 aliphatic heterocycles. The minimum atomic E-state index is 0.870. The molecule has 0 atom stereocenters. The fourth-order valence-electron chi connectivity index (χ4n) is 1.04. The van der Waals surface area contributed by atoms with Gasteiger partial charge in [-0.25, -0.2) is 9.97 Å². The van der Waals surface area contributed by atoms with E-state index in [4.69, 9.17) is 4.84 Å². The van der Waals surface area contributed by atoms with Crippen molar-refractivity contribution in [1.82, 2.24) is 9.97 Å². The minimum absolute atomic E-state index is 0.870. The molecule has 0 fully saturated rings. The first-order valence-corrected chi connectivity index (χ1v) is 3.30. The molecule has 56 valence electrons. The molecule has 0 aliphatic carbocycles. The highest BCUT2D eigenvalue weighted by molar-refractivity contribution is 5.65. The maximum absolute atomic E-state index is 5.03. The van der Waals surface area contributed by atoms with Crippen molar-refractivity contribution in [2.24, 2.45) is 0 Å². The van der Waals surface area contributed by atoms with Gasteiger partial charge in [0.15, 0.2) is 11.8 Å². The highest BCUT2D eigenvalue weighted by Gasteiger charge is 2.07. The van der Waals surface area contributed by atoms with Crippen molar-refractivity contribution in [3.05, 3.63) is 24.7 Å². The lowest BCUT2D eigenvalue weighted by atomic mass is 10.4. The average molecular weight is 150 g/mol. The molecule has 4 heteroatoms. The van der Waals surface area contributed by atoms with Crippen molar-refractivity contribution in [3.63, 3.8) is 0 Å². The Balaban J connectivity index is 2.79. The van der Waals surface area contributed by atoms with Crippen molar-refractivity contribution in [1.29, 1.82) is 0 Å². The number of pyridine rings is 1. The third kappa shape index (κ3) is 0.832. The molecule has 11 heavy (non-hydrogen) atoms. The summed E-state index contributed by atoms with van der Waals surface area (Å²) in [6.45, 7) is 0. The molecule has 0 radical (unpaired) electrons. The number of fused-ring (bicyclic) bond motifs is 1. The Kier molecular flexibility index (Phi) is 1.25. The molecule has 2 rings (SSSR count). The van der Waals surface area contributed by atoms with Crippen LogP contribution in [0.5, 0.6) is 0 Å². The maximum Gasteiger partial charge on any atom is 0.345 e. The summed E-state index contributed by atoms with van der Waals surface area (Å²) >= 11 is 0. The molecule has 2 aromatic heterocycles. The lowest BCUT2D eigenvalue weighted by molar-refractivity contribution is -0.866. The van der Waals surface area contributed by atoms with Gasteiger partial charge in [-0.05, 0) is 16.9 Å². The molecule has 0 aromatic carbocycles. The third-order valence-corrected chi connectivity index (χ3v) is 1.54. The second-order valence-corrected chi connectivity index (χ2v) is 2.15. The first kappa shape index (κ1) is 6.15. The Morgan fingerprint density at radius 1 is 1.64 bits per heavy atom. The van der Waals surface area contributed by atoms with Crippen LogP contribution < -0.4 is 9.57 Å². The molecule has 0 saturated heterocycles. The van der Waals surface area contributed by atoms with Crippen molar-refractivity contribution in [3.8, 4) is 0 Å². The van der Waals surface area contributed by atoms with E-state index in [1.807, 2.05) is 18.3 Å². The smallest absolute Gasteiger partial charge is 0.339 e. The number of aromatic nitrogens is 3. The first-order valence-electron chi connectivity index (χ1n) is 3.30. The Morgan fingerprint density at radius 3 is 3.36 bits per heavy atom. The Hall–Kier alpha value is -1.58. The summed E-state index contributed by atoms with van der Waals surface area (Å²) in [6.07, 6.45) is 3.46. The van der Waals surface area contributed by atoms with Crippen LogP contribution in [-0.4, -0.2) is 17.1 Å². The van der Waals surface area contributed by atoms with E-state index in [1.165, 1.54) is 0 Å². The number of nitrogens with one attached hydrogen (secondary N) is 1. The molecule has 4 nitrogen and oxygen atoms in total. The molecule has 0 amide bonds. The number of aromatic amines is 1. The first-order chi connectivity index (χ1) is 5.42. The second kappa shape index (κ2) is 2.23. The molecule has 0 saturated carbocycles. The predicted octanol–water partition coefficient (Wildman–Crippen LogP) is -0.0912. The molecule has 2 aromatic rings. The number of nitrogens with zero attached hydrogens (tertiary/aromatic N) is 2. The SMILES string of the molecule is CO[n+]1cccc2nc[nH]c21. The van der Waals surface area contributed by atoms with Gasteiger partial charge < -0.3 is 4.84 Å². The van der Waals surface area contributed by atoms with Crippen LogP contribution in [0.4, 0.5) is 0 Å². The van der Waals surface area contributed by atoms with Crippen molar-refractivity contribution >= 4 is 11.2 Å². The molecule has 0 unspecified atom stereocenters. The summed E-state index contributed by atoms with van der Waals surface area (Å²) in [5.74, 6) is 0. The van der Waals surface area contributed by atoms with Crippen LogP contribution in [0.1, 0.15) is 0 Å². The van der Waals surface area contributed by atoms with Crippen LogP contribution in [-0.2, 0) is 0 Å². The van der Waals surface area contributed by atoms with Crippen LogP contribution in [0, 0.1) is 0 Å². The van der Waals surface area contributed by atoms with Gasteiger partial charge in [-0.15, -0.1) is 0 Å². The van der Waals surface area contributed by atoms with Gasteiger partial charge in [0.25, 0.3) is 0 Å². The highest BCUT2D eigenvalue weighted by Crippen LogP contribution is 1.99. The summed E-state index contributed by atoms with van der Waals surface area (Å²) < 4.78 is 1.63. The van der Waals surface area contributed by atoms with Gasteiger partial charge in [0, 0.05) is 0 Å². The number of H-pyrrole nitrogens is 1. The van der Waals surface area contributed by atoms with E-state index in [0.717, 1.165) is 11.2 Å². The molecular formula is C7H8N3O+. The van der Waals surface area contributed by atoms with Gasteiger partial charge in [-0.2, -0.15) is 0 Å². The van der Waals surface area contributed by atoms with E-state index < -0.39 is 0 Å². The van der Waals surface area contributed by atoms with Gasteiger partial charge >= 0.3 is 5.65 Å². The molecule has 0 aliphatic rings. The molecule has 2 heterocycles. The summed E-state index contributed by atoms with van der Waals surface area (Å²) in [7, 11) is 1.61. The highest BCUT2D eigenvalue weighted by atomic mass is 16.6. The second-order valence-electron chi connectivity index (χ2n) is 2.15. The minimum Gasteiger partial charge on any atom is -0.339 e. The van der Waals surface area contributed by atoms with Gasteiger partial charge in [0.2, 0.25) is 0 Å². The monoisotopic (exact) mass is 150 g/mol. The number of imidazole rings is 1. The van der Waals surface area contributed by atoms with Crippen LogP contribution in [0.15, 0.2) is 24.7 Å². The topological polar surface area (TPSA) is 41.8 Å². The van der Waals surface area contributed by atoms with Gasteiger partial charge in [0.1, 0.15) is 13.3 Å². The predicted molar refractivity (Wildman–Crippen MR) is 38.8 cm³/mol. The zero-order valence-corrected chi connectivity index (χ0v) is 6.11. The van der Waals surface area contributed by atoms with Crippen LogP contribution >= 0.6 is 0 Å². The fraction of sp³-hybridized carbons (Fsp3) is 0.143. The van der Waals surface area contributed by atoms with Gasteiger partial charge in [0.05, 0.1) is 0 Å². The van der Waals surface area contributed by atoms with E-state index in [9.17, 15) is 0 Å². The largest absolute Gasteiger partial charge is 0.345 e. The lowest BCUT2D eigenvalue weighted by Crippen LogP contribution is -2.40. The zero-order valence-electron chi connectivity index (χ0n) is 6.11. The summed E-state index contributed by atoms with van der Waals surface area (Å²) in [5.41, 5.74) is 1.77. The molecule has 0 bridgehead atoms. The summed E-state index contributed by atoms with van der Waals surface area (Å²) in [5, 5.41) is 0. The van der Waals surface area contributed by atoms with E-state index >= 15 is 0 Å². The Labute approximate surface area is 63.4 Å². The molecule has 1 N–H and O–H groups in total. The van der Waals surface area contributed by atoms with E-state index in [1.54, 1.807) is 18.2 Å². The van der Waals surface area contributed by atoms with Crippen molar-refractivity contribution < 1.29 is 9.57 Å². The van der Waals surface area contributed by atoms with Gasteiger partial charge in [-0.1, -0.05) is 0 Å². The molecular weight excluding hydrogens is 142 g/mol. The third-order valence-electron chi connectivity index (χ3n) is 1.54. The Bertz CT molecular complexity index is 368. The normalized spacial score (nSPS) is 10.3. The number of hydrogen-bond acceptors (Lipinski definition) is 2. The zero-order chi connectivity index (χ0) is 7.68. The average Bonchev–Trinajstić information content (AvgIpc) is 2.50. The van der Waals surface area contributed by atoms with E-state index in [0.29, 0.717) is 0 Å². The van der Waals surface area contributed by atoms with Crippen LogP contribution in [0.3, 0.4) is 0 Å². The van der Waals surface area contributed by atoms with Crippen molar-refractivity contribution in [2.75, 3.05) is 7.11 Å².